The average Bonchev–Trinajstić information content (AvgIpc) is 2.56. The predicted molar refractivity (Wildman–Crippen MR) is 91.8 cm³/mol. The van der Waals surface area contributed by atoms with Crippen molar-refractivity contribution in [2.24, 2.45) is 0 Å². The van der Waals surface area contributed by atoms with E-state index in [2.05, 4.69) is 5.32 Å². The van der Waals surface area contributed by atoms with Crippen LogP contribution in [0.2, 0.25) is 5.02 Å². The van der Waals surface area contributed by atoms with E-state index in [-0.39, 0.29) is 17.9 Å². The molecular weight excluding hydrogens is 349 g/mol. The Balaban J connectivity index is 1.73. The molecule has 2 aromatic rings. The fraction of sp³-hybridized carbons (Fsp3) is 0.278. The summed E-state index contributed by atoms with van der Waals surface area (Å²) in [5.41, 5.74) is 1.20. The number of fused-ring (bicyclic) bond motifs is 1. The lowest BCUT2D eigenvalue weighted by Crippen LogP contribution is -2.17. The molecule has 3 rings (SSSR count). The molecule has 0 saturated carbocycles. The average molecular weight is 366 g/mol. The smallest absolute Gasteiger partial charge is 0.228 e. The highest BCUT2D eigenvalue weighted by Crippen LogP contribution is 2.38. The van der Waals surface area contributed by atoms with Gasteiger partial charge in [-0.05, 0) is 42.8 Å². The summed E-state index contributed by atoms with van der Waals surface area (Å²) in [6.07, 6.45) is -0.897. The Morgan fingerprint density at radius 3 is 2.84 bits per heavy atom. The first-order valence-corrected chi connectivity index (χ1v) is 8.17. The molecular formula is C18H17ClFNO4. The highest BCUT2D eigenvalue weighted by Gasteiger charge is 2.18. The SMILES string of the molecule is C[C@H](O)c1cc(NC(=O)Cc2cc(Cl)c3c(c2)OCCO3)ccc1F. The predicted octanol–water partition coefficient (Wildman–Crippen LogP) is 3.48. The van der Waals surface area contributed by atoms with Crippen LogP contribution in [-0.2, 0) is 11.2 Å². The number of hydrogen-bond donors (Lipinski definition) is 2. The van der Waals surface area contributed by atoms with E-state index in [0.29, 0.717) is 41.0 Å². The molecule has 0 aromatic heterocycles. The molecule has 0 radical (unpaired) electrons. The molecule has 0 unspecified atom stereocenters. The second-order valence-corrected chi connectivity index (χ2v) is 6.15. The summed E-state index contributed by atoms with van der Waals surface area (Å²) in [6.45, 7) is 2.32. The van der Waals surface area contributed by atoms with Crippen LogP contribution >= 0.6 is 11.6 Å². The normalized spacial score (nSPS) is 14.1. The molecule has 2 N–H and O–H groups in total. The van der Waals surface area contributed by atoms with E-state index < -0.39 is 11.9 Å². The number of carbonyl (C=O) groups excluding carboxylic acids is 1. The van der Waals surface area contributed by atoms with Gasteiger partial charge in [-0.3, -0.25) is 4.79 Å². The van der Waals surface area contributed by atoms with Gasteiger partial charge in [-0.1, -0.05) is 11.6 Å². The van der Waals surface area contributed by atoms with E-state index in [1.807, 2.05) is 0 Å². The van der Waals surface area contributed by atoms with Crippen LogP contribution in [0.4, 0.5) is 10.1 Å². The van der Waals surface area contributed by atoms with Crippen LogP contribution in [0.5, 0.6) is 11.5 Å². The fourth-order valence-corrected chi connectivity index (χ4v) is 2.89. The number of carbonyl (C=O) groups is 1. The first kappa shape index (κ1) is 17.5. The van der Waals surface area contributed by atoms with E-state index >= 15 is 0 Å². The second-order valence-electron chi connectivity index (χ2n) is 5.74. The lowest BCUT2D eigenvalue weighted by atomic mass is 10.1. The Morgan fingerprint density at radius 1 is 1.32 bits per heavy atom. The van der Waals surface area contributed by atoms with Crippen LogP contribution in [0.3, 0.4) is 0 Å². The molecule has 5 nitrogen and oxygen atoms in total. The van der Waals surface area contributed by atoms with E-state index in [1.165, 1.54) is 25.1 Å². The Morgan fingerprint density at radius 2 is 2.08 bits per heavy atom. The molecule has 0 bridgehead atoms. The Hall–Kier alpha value is -2.31. The number of halogens is 2. The molecule has 25 heavy (non-hydrogen) atoms. The van der Waals surface area contributed by atoms with Crippen molar-refractivity contribution in [1.82, 2.24) is 0 Å². The summed E-state index contributed by atoms with van der Waals surface area (Å²) in [4.78, 5) is 12.2. The Labute approximate surface area is 149 Å². The van der Waals surface area contributed by atoms with Gasteiger partial charge in [0.2, 0.25) is 5.91 Å². The summed E-state index contributed by atoms with van der Waals surface area (Å²) >= 11 is 6.16. The number of nitrogens with one attached hydrogen (secondary N) is 1. The van der Waals surface area contributed by atoms with Crippen molar-refractivity contribution in [1.29, 1.82) is 0 Å². The number of aliphatic hydroxyl groups is 1. The number of ether oxygens (including phenoxy) is 2. The molecule has 0 aliphatic carbocycles. The molecule has 0 spiro atoms. The summed E-state index contributed by atoms with van der Waals surface area (Å²) in [7, 11) is 0. The van der Waals surface area contributed by atoms with Crippen LogP contribution in [0, 0.1) is 5.82 Å². The van der Waals surface area contributed by atoms with Crippen molar-refractivity contribution in [3.63, 3.8) is 0 Å². The zero-order valence-corrected chi connectivity index (χ0v) is 14.3. The largest absolute Gasteiger partial charge is 0.486 e. The number of hydrogen-bond acceptors (Lipinski definition) is 4. The molecule has 1 aliphatic heterocycles. The standard InChI is InChI=1S/C18H17ClFNO4/c1-10(22)13-9-12(2-3-15(13)20)21-17(23)8-11-6-14(19)18-16(7-11)24-4-5-25-18/h2-3,6-7,9-10,22H,4-5,8H2,1H3,(H,21,23)/t10-/m0/s1. The topological polar surface area (TPSA) is 67.8 Å². The van der Waals surface area contributed by atoms with Crippen LogP contribution < -0.4 is 14.8 Å². The molecule has 1 heterocycles. The van der Waals surface area contributed by atoms with Gasteiger partial charge in [0.05, 0.1) is 17.5 Å². The fourth-order valence-electron chi connectivity index (χ4n) is 2.60. The van der Waals surface area contributed by atoms with Crippen molar-refractivity contribution in [2.75, 3.05) is 18.5 Å². The van der Waals surface area contributed by atoms with Gasteiger partial charge in [0, 0.05) is 11.3 Å². The molecule has 1 atom stereocenters. The number of anilines is 1. The minimum Gasteiger partial charge on any atom is -0.486 e. The van der Waals surface area contributed by atoms with Gasteiger partial charge in [-0.2, -0.15) is 0 Å². The van der Waals surface area contributed by atoms with Gasteiger partial charge in [-0.25, -0.2) is 4.39 Å². The van der Waals surface area contributed by atoms with Gasteiger partial charge >= 0.3 is 0 Å². The minimum absolute atomic E-state index is 0.0672. The lowest BCUT2D eigenvalue weighted by molar-refractivity contribution is -0.115. The Kier molecular flexibility index (Phi) is 5.11. The number of amides is 1. The molecule has 2 aromatic carbocycles. The van der Waals surface area contributed by atoms with Crippen molar-refractivity contribution >= 4 is 23.2 Å². The van der Waals surface area contributed by atoms with Gasteiger partial charge in [0.1, 0.15) is 19.0 Å². The van der Waals surface area contributed by atoms with Crippen LogP contribution in [0.1, 0.15) is 24.2 Å². The molecule has 0 saturated heterocycles. The first-order valence-electron chi connectivity index (χ1n) is 7.79. The van der Waals surface area contributed by atoms with Gasteiger partial charge in [0.25, 0.3) is 0 Å². The zero-order chi connectivity index (χ0) is 18.0. The third kappa shape index (κ3) is 4.03. The summed E-state index contributed by atoms with van der Waals surface area (Å²) < 4.78 is 24.5. The summed E-state index contributed by atoms with van der Waals surface area (Å²) in [5, 5.41) is 12.6. The van der Waals surface area contributed by atoms with E-state index in [1.54, 1.807) is 12.1 Å². The van der Waals surface area contributed by atoms with Crippen LogP contribution in [0.15, 0.2) is 30.3 Å². The van der Waals surface area contributed by atoms with Crippen molar-refractivity contribution in [2.45, 2.75) is 19.4 Å². The molecule has 0 fully saturated rings. The molecule has 1 amide bonds. The van der Waals surface area contributed by atoms with Crippen molar-refractivity contribution in [3.05, 3.63) is 52.3 Å². The number of aliphatic hydroxyl groups excluding tert-OH is 1. The minimum atomic E-state index is -0.964. The van der Waals surface area contributed by atoms with E-state index in [0.717, 1.165) is 0 Å². The third-order valence-electron chi connectivity index (χ3n) is 3.75. The van der Waals surface area contributed by atoms with Crippen molar-refractivity contribution < 1.29 is 23.8 Å². The summed E-state index contributed by atoms with van der Waals surface area (Å²) in [6, 6.07) is 7.43. The highest BCUT2D eigenvalue weighted by molar-refractivity contribution is 6.32. The maximum Gasteiger partial charge on any atom is 0.228 e. The molecule has 132 valence electrons. The lowest BCUT2D eigenvalue weighted by Gasteiger charge is -2.20. The molecule has 7 heteroatoms. The maximum atomic E-state index is 13.6. The zero-order valence-electron chi connectivity index (χ0n) is 13.5. The highest BCUT2D eigenvalue weighted by atomic mass is 35.5. The van der Waals surface area contributed by atoms with Gasteiger partial charge in [-0.15, -0.1) is 0 Å². The summed E-state index contributed by atoms with van der Waals surface area (Å²) in [5.74, 6) is 0.180. The Bertz CT molecular complexity index is 810. The number of rotatable bonds is 4. The number of benzene rings is 2. The second kappa shape index (κ2) is 7.29. The van der Waals surface area contributed by atoms with Crippen LogP contribution in [-0.4, -0.2) is 24.2 Å². The third-order valence-corrected chi connectivity index (χ3v) is 4.03. The monoisotopic (exact) mass is 365 g/mol. The van der Waals surface area contributed by atoms with Gasteiger partial charge < -0.3 is 19.9 Å². The first-order chi connectivity index (χ1) is 11.9. The quantitative estimate of drug-likeness (QED) is 0.870. The van der Waals surface area contributed by atoms with E-state index in [4.69, 9.17) is 21.1 Å². The van der Waals surface area contributed by atoms with Gasteiger partial charge in [0.15, 0.2) is 11.5 Å². The van der Waals surface area contributed by atoms with Crippen LogP contribution in [0.25, 0.3) is 0 Å². The van der Waals surface area contributed by atoms with Crippen molar-refractivity contribution in [3.8, 4) is 11.5 Å². The van der Waals surface area contributed by atoms with E-state index in [9.17, 15) is 14.3 Å². The maximum absolute atomic E-state index is 13.6. The molecule has 1 aliphatic rings.